The van der Waals surface area contributed by atoms with Gasteiger partial charge in [0.2, 0.25) is 0 Å². The van der Waals surface area contributed by atoms with Crippen LogP contribution in [0.25, 0.3) is 0 Å². The largest absolute Gasteiger partial charge is 0.276 e. The van der Waals surface area contributed by atoms with Crippen molar-refractivity contribution in [2.24, 2.45) is 10.3 Å². The van der Waals surface area contributed by atoms with E-state index in [-0.39, 0.29) is 6.17 Å². The molecule has 0 spiro atoms. The van der Waals surface area contributed by atoms with E-state index in [0.717, 1.165) is 0 Å². The average Bonchev–Trinajstić information content (AvgIpc) is 1.69. The molecule has 0 radical (unpaired) electrons. The van der Waals surface area contributed by atoms with Crippen molar-refractivity contribution in [1.82, 2.24) is 10.7 Å². The Morgan fingerprint density at radius 1 is 1.71 bits per heavy atom. The molecule has 0 saturated carbocycles. The van der Waals surface area contributed by atoms with Crippen LogP contribution in [0, 0.1) is 0 Å². The molecule has 0 aromatic rings. The van der Waals surface area contributed by atoms with E-state index in [9.17, 15) is 0 Å². The van der Waals surface area contributed by atoms with Gasteiger partial charge in [-0.1, -0.05) is 5.22 Å². The molecule has 1 heterocycles. The van der Waals surface area contributed by atoms with Crippen molar-refractivity contribution in [1.29, 1.82) is 0 Å². The monoisotopic (exact) mass is 100 g/mol. The Morgan fingerprint density at radius 2 is 2.57 bits per heavy atom. The molecule has 4 heteroatoms. The molecule has 1 atom stereocenters. The molecule has 1 aliphatic rings. The molecule has 4 nitrogen and oxygen atoms in total. The fourth-order valence-electron chi connectivity index (χ4n) is 0.386. The van der Waals surface area contributed by atoms with Crippen molar-refractivity contribution in [2.75, 3.05) is 6.67 Å². The van der Waals surface area contributed by atoms with Crippen molar-refractivity contribution in [3.05, 3.63) is 0 Å². The first-order valence-corrected chi connectivity index (χ1v) is 2.25. The topological polar surface area (TPSA) is 48.8 Å². The first-order chi connectivity index (χ1) is 3.39. The Bertz CT molecular complexity index is 79.0. The van der Waals surface area contributed by atoms with Gasteiger partial charge < -0.3 is 0 Å². The van der Waals surface area contributed by atoms with Gasteiger partial charge in [-0.2, -0.15) is 5.11 Å². The highest BCUT2D eigenvalue weighted by molar-refractivity contribution is 4.54. The van der Waals surface area contributed by atoms with Crippen LogP contribution in [-0.4, -0.2) is 12.8 Å². The summed E-state index contributed by atoms with van der Waals surface area (Å²) >= 11 is 0. The van der Waals surface area contributed by atoms with E-state index in [0.29, 0.717) is 6.67 Å². The lowest BCUT2D eigenvalue weighted by Crippen LogP contribution is -2.39. The van der Waals surface area contributed by atoms with Gasteiger partial charge in [-0.25, -0.2) is 0 Å². The molecular weight excluding hydrogens is 92.1 g/mol. The van der Waals surface area contributed by atoms with Crippen LogP contribution >= 0.6 is 0 Å². The summed E-state index contributed by atoms with van der Waals surface area (Å²) in [4.78, 5) is 0. The van der Waals surface area contributed by atoms with Gasteiger partial charge in [0.05, 0.1) is 6.17 Å². The molecule has 0 aliphatic carbocycles. The van der Waals surface area contributed by atoms with Gasteiger partial charge in [-0.15, -0.1) is 0 Å². The Kier molecular flexibility index (Phi) is 1.21. The SMILES string of the molecule is CC1NCN=NN1. The van der Waals surface area contributed by atoms with Gasteiger partial charge in [0, 0.05) is 0 Å². The minimum atomic E-state index is 0.275. The van der Waals surface area contributed by atoms with E-state index in [4.69, 9.17) is 0 Å². The van der Waals surface area contributed by atoms with Gasteiger partial charge in [0.1, 0.15) is 6.67 Å². The molecule has 0 aromatic heterocycles. The number of nitrogens with one attached hydrogen (secondary N) is 2. The third-order valence-corrected chi connectivity index (χ3v) is 0.790. The number of nitrogens with zero attached hydrogens (tertiary/aromatic N) is 2. The second-order valence-corrected chi connectivity index (χ2v) is 1.45. The van der Waals surface area contributed by atoms with Crippen LogP contribution in [0.3, 0.4) is 0 Å². The minimum Gasteiger partial charge on any atom is -0.276 e. The zero-order valence-electron chi connectivity index (χ0n) is 4.18. The molecule has 1 unspecified atom stereocenters. The molecule has 2 N–H and O–H groups in total. The summed E-state index contributed by atoms with van der Waals surface area (Å²) in [7, 11) is 0. The van der Waals surface area contributed by atoms with Crippen molar-refractivity contribution >= 4 is 0 Å². The van der Waals surface area contributed by atoms with E-state index < -0.39 is 0 Å². The van der Waals surface area contributed by atoms with E-state index >= 15 is 0 Å². The predicted octanol–water partition coefficient (Wildman–Crippen LogP) is -0.150. The standard InChI is InChI=1S/C3H8N4/c1-3-4-2-5-7-6-3/h3-4H,2H2,1H3,(H,5,6). The average molecular weight is 100 g/mol. The lowest BCUT2D eigenvalue weighted by molar-refractivity contribution is 0.408. The molecular formula is C3H8N4. The van der Waals surface area contributed by atoms with Crippen LogP contribution in [0.1, 0.15) is 6.92 Å². The molecule has 1 rings (SSSR count). The van der Waals surface area contributed by atoms with E-state index in [2.05, 4.69) is 21.1 Å². The summed E-state index contributed by atoms with van der Waals surface area (Å²) in [5.74, 6) is 0. The van der Waals surface area contributed by atoms with Gasteiger partial charge >= 0.3 is 0 Å². The molecule has 0 amide bonds. The first-order valence-electron chi connectivity index (χ1n) is 2.25. The molecule has 0 saturated heterocycles. The van der Waals surface area contributed by atoms with Crippen LogP contribution in [0.2, 0.25) is 0 Å². The highest BCUT2D eigenvalue weighted by atomic mass is 15.5. The quantitative estimate of drug-likeness (QED) is 0.444. The Labute approximate surface area is 42.0 Å². The third-order valence-electron chi connectivity index (χ3n) is 0.790. The lowest BCUT2D eigenvalue weighted by atomic mass is 10.6. The smallest absolute Gasteiger partial charge is 0.113 e. The zero-order valence-corrected chi connectivity index (χ0v) is 4.18. The summed E-state index contributed by atoms with van der Waals surface area (Å²) in [6.07, 6.45) is 0.275. The van der Waals surface area contributed by atoms with Crippen LogP contribution in [0.15, 0.2) is 10.3 Å². The van der Waals surface area contributed by atoms with E-state index in [1.54, 1.807) is 0 Å². The highest BCUT2D eigenvalue weighted by Gasteiger charge is 1.98. The number of hydrogen-bond acceptors (Lipinski definition) is 4. The molecule has 40 valence electrons. The van der Waals surface area contributed by atoms with E-state index in [1.807, 2.05) is 6.92 Å². The van der Waals surface area contributed by atoms with Gasteiger partial charge in [0.15, 0.2) is 0 Å². The zero-order chi connectivity index (χ0) is 5.11. The second kappa shape index (κ2) is 1.88. The maximum Gasteiger partial charge on any atom is 0.113 e. The van der Waals surface area contributed by atoms with Crippen LogP contribution in [0.5, 0.6) is 0 Å². The predicted molar refractivity (Wildman–Crippen MR) is 25.5 cm³/mol. The summed E-state index contributed by atoms with van der Waals surface area (Å²) < 4.78 is 0. The number of rotatable bonds is 0. The van der Waals surface area contributed by atoms with Crippen LogP contribution < -0.4 is 10.7 Å². The fraction of sp³-hybridized carbons (Fsp3) is 1.00. The highest BCUT2D eigenvalue weighted by Crippen LogP contribution is 1.81. The van der Waals surface area contributed by atoms with Crippen molar-refractivity contribution in [2.45, 2.75) is 13.1 Å². The van der Waals surface area contributed by atoms with Crippen molar-refractivity contribution < 1.29 is 0 Å². The molecule has 0 aromatic carbocycles. The molecule has 7 heavy (non-hydrogen) atoms. The first kappa shape index (κ1) is 4.52. The summed E-state index contributed by atoms with van der Waals surface area (Å²) in [6, 6.07) is 0. The van der Waals surface area contributed by atoms with Crippen molar-refractivity contribution in [3.63, 3.8) is 0 Å². The normalized spacial score (nSPS) is 29.6. The number of hydrogen-bond donors (Lipinski definition) is 2. The van der Waals surface area contributed by atoms with Gasteiger partial charge in [-0.05, 0) is 6.92 Å². The summed E-state index contributed by atoms with van der Waals surface area (Å²) in [6.45, 7) is 2.62. The van der Waals surface area contributed by atoms with Crippen LogP contribution in [0.4, 0.5) is 0 Å². The minimum absolute atomic E-state index is 0.275. The Balaban J connectivity index is 2.32. The van der Waals surface area contributed by atoms with E-state index in [1.165, 1.54) is 0 Å². The molecule has 1 aliphatic heterocycles. The molecule has 0 fully saturated rings. The molecule has 0 bridgehead atoms. The fourth-order valence-corrected chi connectivity index (χ4v) is 0.386. The van der Waals surface area contributed by atoms with Crippen LogP contribution in [-0.2, 0) is 0 Å². The lowest BCUT2D eigenvalue weighted by Gasteiger charge is -2.13. The van der Waals surface area contributed by atoms with Crippen molar-refractivity contribution in [3.8, 4) is 0 Å². The third kappa shape index (κ3) is 1.12. The Morgan fingerprint density at radius 3 is 2.86 bits per heavy atom. The summed E-state index contributed by atoms with van der Waals surface area (Å²) in [5, 5.41) is 10.2. The Hall–Kier alpha value is -0.640. The maximum absolute atomic E-state index is 3.63. The maximum atomic E-state index is 3.63. The summed E-state index contributed by atoms with van der Waals surface area (Å²) in [5.41, 5.74) is 2.73. The van der Waals surface area contributed by atoms with Gasteiger partial charge in [-0.3, -0.25) is 10.7 Å². The second-order valence-electron chi connectivity index (χ2n) is 1.45. The van der Waals surface area contributed by atoms with Gasteiger partial charge in [0.25, 0.3) is 0 Å².